The van der Waals surface area contributed by atoms with E-state index in [4.69, 9.17) is 0 Å². The number of hydrogen-bond donors (Lipinski definition) is 0. The molecule has 1 nitrogen and oxygen atoms in total. The Kier molecular flexibility index (Phi) is 3.82. The van der Waals surface area contributed by atoms with E-state index in [2.05, 4.69) is 56.1 Å². The van der Waals surface area contributed by atoms with Crippen LogP contribution in [0.2, 0.25) is 0 Å². The maximum Gasteiger partial charge on any atom is 0.151 e. The Balaban J connectivity index is 1.97. The zero-order valence-corrected chi connectivity index (χ0v) is 14.3. The molecule has 1 aromatic heterocycles. The number of benzene rings is 1. The summed E-state index contributed by atoms with van der Waals surface area (Å²) >= 11 is 1.70. The third-order valence-corrected chi connectivity index (χ3v) is 6.14. The second-order valence-electron chi connectivity index (χ2n) is 6.51. The average molecular weight is 310 g/mol. The third-order valence-electron chi connectivity index (χ3n) is 4.94. The van der Waals surface area contributed by atoms with Gasteiger partial charge >= 0.3 is 0 Å². The SMILES string of the molecule is C=C1C[C@@](C)(c2cc(-c3cccc(CC)c3)cs2)C(=O)C1C. The van der Waals surface area contributed by atoms with Crippen LogP contribution >= 0.6 is 11.3 Å². The first-order valence-corrected chi connectivity index (χ1v) is 8.74. The molecule has 0 saturated heterocycles. The van der Waals surface area contributed by atoms with E-state index in [0.29, 0.717) is 5.78 Å². The van der Waals surface area contributed by atoms with Crippen molar-refractivity contribution in [2.75, 3.05) is 0 Å². The van der Waals surface area contributed by atoms with Crippen LogP contribution in [0.3, 0.4) is 0 Å². The first-order valence-electron chi connectivity index (χ1n) is 7.86. The van der Waals surface area contributed by atoms with E-state index in [1.165, 1.54) is 21.6 Å². The van der Waals surface area contributed by atoms with Crippen LogP contribution in [0.15, 0.2) is 47.9 Å². The number of carbonyl (C=O) groups is 1. The molecule has 0 N–H and O–H groups in total. The van der Waals surface area contributed by atoms with Gasteiger partial charge in [-0.05, 0) is 47.9 Å². The topological polar surface area (TPSA) is 17.1 Å². The Hall–Kier alpha value is -1.67. The summed E-state index contributed by atoms with van der Waals surface area (Å²) in [6, 6.07) is 10.8. The molecule has 0 amide bonds. The van der Waals surface area contributed by atoms with E-state index in [0.717, 1.165) is 18.4 Å². The highest BCUT2D eigenvalue weighted by molar-refractivity contribution is 7.10. The van der Waals surface area contributed by atoms with Gasteiger partial charge in [0.25, 0.3) is 0 Å². The van der Waals surface area contributed by atoms with Gasteiger partial charge < -0.3 is 0 Å². The third kappa shape index (κ3) is 2.36. The van der Waals surface area contributed by atoms with Crippen LogP contribution in [-0.4, -0.2) is 5.78 Å². The van der Waals surface area contributed by atoms with Gasteiger partial charge in [0.15, 0.2) is 5.78 Å². The summed E-state index contributed by atoms with van der Waals surface area (Å²) in [6.07, 6.45) is 1.82. The van der Waals surface area contributed by atoms with Crippen molar-refractivity contribution in [3.63, 3.8) is 0 Å². The lowest BCUT2D eigenvalue weighted by molar-refractivity contribution is -0.124. The molecule has 2 aromatic rings. The number of aryl methyl sites for hydroxylation is 1. The molecule has 1 fully saturated rings. The maximum absolute atomic E-state index is 12.6. The quantitative estimate of drug-likeness (QED) is 0.694. The van der Waals surface area contributed by atoms with E-state index in [1.54, 1.807) is 11.3 Å². The zero-order chi connectivity index (χ0) is 15.9. The fourth-order valence-corrected chi connectivity index (χ4v) is 4.40. The molecule has 1 aliphatic rings. The normalized spacial score (nSPS) is 25.0. The van der Waals surface area contributed by atoms with E-state index in [9.17, 15) is 4.79 Å². The number of Topliss-reactive ketones (excluding diaryl/α,β-unsaturated/α-hetero) is 1. The summed E-state index contributed by atoms with van der Waals surface area (Å²) < 4.78 is 0. The van der Waals surface area contributed by atoms with Crippen molar-refractivity contribution >= 4 is 17.1 Å². The first kappa shape index (κ1) is 15.2. The second kappa shape index (κ2) is 5.51. The van der Waals surface area contributed by atoms with Crippen LogP contribution in [0.4, 0.5) is 0 Å². The smallest absolute Gasteiger partial charge is 0.151 e. The molecule has 0 spiro atoms. The van der Waals surface area contributed by atoms with Crippen LogP contribution in [0.1, 0.15) is 37.6 Å². The van der Waals surface area contributed by atoms with E-state index in [1.807, 2.05) is 6.92 Å². The summed E-state index contributed by atoms with van der Waals surface area (Å²) in [4.78, 5) is 13.8. The Bertz CT molecular complexity index is 740. The molecule has 0 aliphatic heterocycles. The van der Waals surface area contributed by atoms with Crippen LogP contribution in [-0.2, 0) is 16.6 Å². The van der Waals surface area contributed by atoms with Gasteiger partial charge in [-0.1, -0.05) is 50.3 Å². The van der Waals surface area contributed by atoms with E-state index in [-0.39, 0.29) is 11.3 Å². The highest BCUT2D eigenvalue weighted by Crippen LogP contribution is 2.46. The van der Waals surface area contributed by atoms with Crippen molar-refractivity contribution in [3.8, 4) is 11.1 Å². The number of thiophene rings is 1. The lowest BCUT2D eigenvalue weighted by Crippen LogP contribution is -2.28. The standard InChI is InChI=1S/C20H22OS/c1-5-15-7-6-8-16(9-15)17-10-18(22-12-17)20(4)11-13(2)14(3)19(20)21/h6-10,12,14H,2,5,11H2,1,3-4H3/t14?,20-/m0/s1. The van der Waals surface area contributed by atoms with Crippen LogP contribution in [0.5, 0.6) is 0 Å². The van der Waals surface area contributed by atoms with Gasteiger partial charge in [-0.25, -0.2) is 0 Å². The minimum absolute atomic E-state index is 0.0148. The molecule has 2 atom stereocenters. The lowest BCUT2D eigenvalue weighted by atomic mass is 9.84. The molecule has 0 bridgehead atoms. The molecule has 114 valence electrons. The van der Waals surface area contributed by atoms with Gasteiger partial charge in [0.1, 0.15) is 0 Å². The fourth-order valence-electron chi connectivity index (χ4n) is 3.31. The predicted molar refractivity (Wildman–Crippen MR) is 94.4 cm³/mol. The van der Waals surface area contributed by atoms with Crippen molar-refractivity contribution in [3.05, 3.63) is 58.3 Å². The molecule has 1 heterocycles. The predicted octanol–water partition coefficient (Wildman–Crippen LogP) is 5.40. The lowest BCUT2D eigenvalue weighted by Gasteiger charge is -2.20. The van der Waals surface area contributed by atoms with Crippen molar-refractivity contribution in [1.29, 1.82) is 0 Å². The van der Waals surface area contributed by atoms with Gasteiger partial charge in [-0.2, -0.15) is 0 Å². The van der Waals surface area contributed by atoms with Gasteiger partial charge in [0.2, 0.25) is 0 Å². The molecule has 1 unspecified atom stereocenters. The molecular formula is C20H22OS. The zero-order valence-electron chi connectivity index (χ0n) is 13.5. The highest BCUT2D eigenvalue weighted by atomic mass is 32.1. The largest absolute Gasteiger partial charge is 0.298 e. The number of rotatable bonds is 3. The molecule has 0 radical (unpaired) electrons. The molecular weight excluding hydrogens is 288 g/mol. The average Bonchev–Trinajstić information content (AvgIpc) is 3.09. The van der Waals surface area contributed by atoms with Gasteiger partial charge in [-0.3, -0.25) is 4.79 Å². The van der Waals surface area contributed by atoms with Crippen molar-refractivity contribution in [1.82, 2.24) is 0 Å². The first-order chi connectivity index (χ1) is 10.5. The van der Waals surface area contributed by atoms with E-state index < -0.39 is 0 Å². The van der Waals surface area contributed by atoms with Crippen molar-refractivity contribution in [2.24, 2.45) is 5.92 Å². The Morgan fingerprint density at radius 1 is 1.32 bits per heavy atom. The molecule has 2 heteroatoms. The van der Waals surface area contributed by atoms with Gasteiger partial charge in [0, 0.05) is 10.8 Å². The monoisotopic (exact) mass is 310 g/mol. The van der Waals surface area contributed by atoms with Crippen LogP contribution in [0.25, 0.3) is 11.1 Å². The fraction of sp³-hybridized carbons (Fsp3) is 0.350. The second-order valence-corrected chi connectivity index (χ2v) is 7.42. The molecule has 1 aliphatic carbocycles. The van der Waals surface area contributed by atoms with E-state index >= 15 is 0 Å². The van der Waals surface area contributed by atoms with Crippen LogP contribution < -0.4 is 0 Å². The Morgan fingerprint density at radius 3 is 2.73 bits per heavy atom. The van der Waals surface area contributed by atoms with Crippen LogP contribution in [0, 0.1) is 5.92 Å². The Morgan fingerprint density at radius 2 is 2.09 bits per heavy atom. The summed E-state index contributed by atoms with van der Waals surface area (Å²) in [5, 5.41) is 2.17. The number of carbonyl (C=O) groups excluding carboxylic acids is 1. The number of allylic oxidation sites excluding steroid dienone is 1. The number of ketones is 1. The molecule has 1 saturated carbocycles. The van der Waals surface area contributed by atoms with Crippen molar-refractivity contribution in [2.45, 2.75) is 39.0 Å². The highest BCUT2D eigenvalue weighted by Gasteiger charge is 2.46. The number of hydrogen-bond acceptors (Lipinski definition) is 2. The summed E-state index contributed by atoms with van der Waals surface area (Å²) in [5.74, 6) is 0.298. The summed E-state index contributed by atoms with van der Waals surface area (Å²) in [7, 11) is 0. The van der Waals surface area contributed by atoms with Crippen molar-refractivity contribution < 1.29 is 4.79 Å². The minimum Gasteiger partial charge on any atom is -0.298 e. The Labute approximate surface area is 136 Å². The summed E-state index contributed by atoms with van der Waals surface area (Å²) in [6.45, 7) is 10.3. The molecule has 3 rings (SSSR count). The maximum atomic E-state index is 12.6. The van der Waals surface area contributed by atoms with Gasteiger partial charge in [-0.15, -0.1) is 11.3 Å². The molecule has 1 aromatic carbocycles. The molecule has 22 heavy (non-hydrogen) atoms. The summed E-state index contributed by atoms with van der Waals surface area (Å²) in [5.41, 5.74) is 4.48. The van der Waals surface area contributed by atoms with Gasteiger partial charge in [0.05, 0.1) is 5.41 Å². The minimum atomic E-state index is -0.387.